The van der Waals surface area contributed by atoms with Gasteiger partial charge in [0.25, 0.3) is 0 Å². The van der Waals surface area contributed by atoms with Gasteiger partial charge in [-0.1, -0.05) is 6.92 Å². The van der Waals surface area contributed by atoms with E-state index in [1.807, 2.05) is 32.6 Å². The SMILES string of the molecule is CCCN=C(NCC)N1CCC(CN(CC)C(=O)OC(C)(C)C)CC1.I. The largest absolute Gasteiger partial charge is 0.444 e. The number of amides is 1. The summed E-state index contributed by atoms with van der Waals surface area (Å²) < 4.78 is 5.52. The number of piperidine rings is 1. The molecule has 0 bridgehead atoms. The molecule has 154 valence electrons. The van der Waals surface area contributed by atoms with Crippen LogP contribution in [0.5, 0.6) is 0 Å². The molecule has 1 heterocycles. The van der Waals surface area contributed by atoms with E-state index in [-0.39, 0.29) is 30.1 Å². The zero-order chi connectivity index (χ0) is 18.9. The molecular formula is C19H39IN4O2. The molecule has 0 aromatic heterocycles. The van der Waals surface area contributed by atoms with E-state index in [1.165, 1.54) is 0 Å². The van der Waals surface area contributed by atoms with Crippen LogP contribution in [0.4, 0.5) is 4.79 Å². The first-order valence-electron chi connectivity index (χ1n) is 9.81. The van der Waals surface area contributed by atoms with Crippen LogP contribution >= 0.6 is 24.0 Å². The zero-order valence-electron chi connectivity index (χ0n) is 17.5. The standard InChI is InChI=1S/C19H38N4O2.HI/c1-7-12-21-17(20-8-2)23-13-10-16(11-14-23)15-22(9-3)18(24)25-19(4,5)6;/h16H,7-15H2,1-6H3,(H,20,21);1H. The van der Waals surface area contributed by atoms with Gasteiger partial charge in [0.1, 0.15) is 5.60 Å². The van der Waals surface area contributed by atoms with Gasteiger partial charge in [-0.25, -0.2) is 4.79 Å². The molecule has 7 heteroatoms. The molecule has 1 amide bonds. The Morgan fingerprint density at radius 1 is 1.23 bits per heavy atom. The van der Waals surface area contributed by atoms with Crippen molar-refractivity contribution in [1.82, 2.24) is 15.1 Å². The molecule has 1 aliphatic rings. The van der Waals surface area contributed by atoms with Crippen LogP contribution in [0.3, 0.4) is 0 Å². The molecule has 0 spiro atoms. The fraction of sp³-hybridized carbons (Fsp3) is 0.895. The van der Waals surface area contributed by atoms with E-state index < -0.39 is 5.60 Å². The Morgan fingerprint density at radius 3 is 2.31 bits per heavy atom. The lowest BCUT2D eigenvalue weighted by Gasteiger charge is -2.36. The van der Waals surface area contributed by atoms with Gasteiger partial charge >= 0.3 is 6.09 Å². The lowest BCUT2D eigenvalue weighted by molar-refractivity contribution is 0.0214. The van der Waals surface area contributed by atoms with Gasteiger partial charge in [-0.3, -0.25) is 4.99 Å². The highest BCUT2D eigenvalue weighted by Gasteiger charge is 2.27. The van der Waals surface area contributed by atoms with E-state index in [4.69, 9.17) is 4.74 Å². The van der Waals surface area contributed by atoms with Crippen molar-refractivity contribution < 1.29 is 9.53 Å². The number of aliphatic imine (C=N–C) groups is 1. The number of rotatable bonds is 6. The van der Waals surface area contributed by atoms with Crippen molar-refractivity contribution in [3.8, 4) is 0 Å². The van der Waals surface area contributed by atoms with Crippen molar-refractivity contribution in [3.05, 3.63) is 0 Å². The Morgan fingerprint density at radius 2 is 1.85 bits per heavy atom. The van der Waals surface area contributed by atoms with Crippen LogP contribution < -0.4 is 5.32 Å². The van der Waals surface area contributed by atoms with Crippen molar-refractivity contribution in [2.24, 2.45) is 10.9 Å². The lowest BCUT2D eigenvalue weighted by atomic mass is 9.96. The second-order valence-electron chi connectivity index (χ2n) is 7.69. The highest BCUT2D eigenvalue weighted by molar-refractivity contribution is 14.0. The van der Waals surface area contributed by atoms with Gasteiger partial charge in [-0.05, 0) is 59.8 Å². The van der Waals surface area contributed by atoms with Crippen LogP contribution in [-0.4, -0.2) is 66.7 Å². The van der Waals surface area contributed by atoms with E-state index in [0.717, 1.165) is 57.9 Å². The Bertz CT molecular complexity index is 430. The maximum absolute atomic E-state index is 12.3. The van der Waals surface area contributed by atoms with Gasteiger partial charge in [-0.2, -0.15) is 0 Å². The average molecular weight is 482 g/mol. The van der Waals surface area contributed by atoms with Gasteiger partial charge in [0.15, 0.2) is 5.96 Å². The average Bonchev–Trinajstić information content (AvgIpc) is 2.55. The summed E-state index contributed by atoms with van der Waals surface area (Å²) in [7, 11) is 0. The summed E-state index contributed by atoms with van der Waals surface area (Å²) in [5.41, 5.74) is -0.440. The molecule has 1 fully saturated rings. The molecule has 0 aromatic carbocycles. The van der Waals surface area contributed by atoms with Crippen LogP contribution in [-0.2, 0) is 4.74 Å². The summed E-state index contributed by atoms with van der Waals surface area (Å²) in [4.78, 5) is 21.2. The number of ether oxygens (including phenoxy) is 1. The monoisotopic (exact) mass is 482 g/mol. The topological polar surface area (TPSA) is 57.2 Å². The number of likely N-dealkylation sites (tertiary alicyclic amines) is 1. The van der Waals surface area contributed by atoms with Gasteiger partial charge < -0.3 is 19.9 Å². The summed E-state index contributed by atoms with van der Waals surface area (Å²) in [5, 5.41) is 3.39. The van der Waals surface area contributed by atoms with Crippen LogP contribution in [0.1, 0.15) is 60.8 Å². The molecule has 26 heavy (non-hydrogen) atoms. The molecule has 0 atom stereocenters. The molecule has 0 unspecified atom stereocenters. The molecule has 0 aromatic rings. The van der Waals surface area contributed by atoms with Crippen LogP contribution in [0.15, 0.2) is 4.99 Å². The van der Waals surface area contributed by atoms with Crippen LogP contribution in [0.2, 0.25) is 0 Å². The highest BCUT2D eigenvalue weighted by atomic mass is 127. The molecule has 1 saturated heterocycles. The molecular weight excluding hydrogens is 443 g/mol. The fourth-order valence-corrected chi connectivity index (χ4v) is 2.94. The first-order valence-corrected chi connectivity index (χ1v) is 9.81. The molecule has 1 aliphatic heterocycles. The normalized spacial score (nSPS) is 16.1. The zero-order valence-corrected chi connectivity index (χ0v) is 19.8. The van der Waals surface area contributed by atoms with E-state index in [1.54, 1.807) is 0 Å². The Labute approximate surface area is 177 Å². The smallest absolute Gasteiger partial charge is 0.410 e. The fourth-order valence-electron chi connectivity index (χ4n) is 2.94. The van der Waals surface area contributed by atoms with Gasteiger partial charge in [0.05, 0.1) is 0 Å². The molecule has 0 radical (unpaired) electrons. The van der Waals surface area contributed by atoms with Crippen molar-refractivity contribution >= 4 is 36.0 Å². The predicted molar refractivity (Wildman–Crippen MR) is 119 cm³/mol. The second kappa shape index (κ2) is 12.6. The van der Waals surface area contributed by atoms with Crippen molar-refractivity contribution in [1.29, 1.82) is 0 Å². The summed E-state index contributed by atoms with van der Waals surface area (Å²) in [6.45, 7) is 17.2. The minimum absolute atomic E-state index is 0. The Hall–Kier alpha value is -0.730. The van der Waals surface area contributed by atoms with Crippen LogP contribution in [0.25, 0.3) is 0 Å². The van der Waals surface area contributed by atoms with Crippen LogP contribution in [0, 0.1) is 5.92 Å². The number of carbonyl (C=O) groups excluding carboxylic acids is 1. The van der Waals surface area contributed by atoms with E-state index >= 15 is 0 Å². The minimum Gasteiger partial charge on any atom is -0.444 e. The highest BCUT2D eigenvalue weighted by Crippen LogP contribution is 2.20. The predicted octanol–water partition coefficient (Wildman–Crippen LogP) is 3.95. The summed E-state index contributed by atoms with van der Waals surface area (Å²) in [5.74, 6) is 1.56. The quantitative estimate of drug-likeness (QED) is 0.354. The third-order valence-electron chi connectivity index (χ3n) is 4.25. The van der Waals surface area contributed by atoms with Crippen molar-refractivity contribution in [2.75, 3.05) is 39.3 Å². The minimum atomic E-state index is -0.440. The lowest BCUT2D eigenvalue weighted by Crippen LogP contribution is -2.48. The number of hydrogen-bond acceptors (Lipinski definition) is 3. The summed E-state index contributed by atoms with van der Waals surface area (Å²) >= 11 is 0. The van der Waals surface area contributed by atoms with E-state index in [9.17, 15) is 4.79 Å². The molecule has 1 rings (SSSR count). The first-order chi connectivity index (χ1) is 11.8. The first kappa shape index (κ1) is 25.3. The number of nitrogens with zero attached hydrogens (tertiary/aromatic N) is 3. The summed E-state index contributed by atoms with van der Waals surface area (Å²) in [6.07, 6.45) is 3.02. The van der Waals surface area contributed by atoms with E-state index in [2.05, 4.69) is 29.1 Å². The number of guanidine groups is 1. The third-order valence-corrected chi connectivity index (χ3v) is 4.25. The third kappa shape index (κ3) is 9.28. The van der Waals surface area contributed by atoms with Crippen molar-refractivity contribution in [3.63, 3.8) is 0 Å². The second-order valence-corrected chi connectivity index (χ2v) is 7.69. The Kier molecular flexibility index (Phi) is 12.3. The summed E-state index contributed by atoms with van der Waals surface area (Å²) in [6, 6.07) is 0. The maximum atomic E-state index is 12.3. The van der Waals surface area contributed by atoms with Gasteiger partial charge in [0.2, 0.25) is 0 Å². The van der Waals surface area contributed by atoms with Crippen molar-refractivity contribution in [2.45, 2.75) is 66.4 Å². The molecule has 0 aliphatic carbocycles. The van der Waals surface area contributed by atoms with E-state index in [0.29, 0.717) is 12.5 Å². The molecule has 1 N–H and O–H groups in total. The number of nitrogens with one attached hydrogen (secondary N) is 1. The number of halogens is 1. The van der Waals surface area contributed by atoms with Gasteiger partial charge in [-0.15, -0.1) is 24.0 Å². The molecule has 6 nitrogen and oxygen atoms in total. The maximum Gasteiger partial charge on any atom is 0.410 e. The molecule has 0 saturated carbocycles. The van der Waals surface area contributed by atoms with Gasteiger partial charge in [0, 0.05) is 39.3 Å². The number of carbonyl (C=O) groups is 1. The Balaban J connectivity index is 0.00000625. The number of hydrogen-bond donors (Lipinski definition) is 1.